The Morgan fingerprint density at radius 2 is 1.31 bits per heavy atom. The van der Waals surface area contributed by atoms with Crippen molar-refractivity contribution >= 4 is 11.8 Å². The predicted octanol–water partition coefficient (Wildman–Crippen LogP) is -3.10. The van der Waals surface area contributed by atoms with Crippen LogP contribution in [0.1, 0.15) is 0 Å². The highest BCUT2D eigenvalue weighted by Crippen LogP contribution is 2.22. The van der Waals surface area contributed by atoms with E-state index in [0.717, 1.165) is 0 Å². The second kappa shape index (κ2) is 4.34. The van der Waals surface area contributed by atoms with E-state index in [0.29, 0.717) is 0 Å². The Morgan fingerprint density at radius 1 is 1.00 bits per heavy atom. The third-order valence-electron chi connectivity index (χ3n) is 2.18. The maximum Gasteiger partial charge on any atom is 0.282 e. The highest BCUT2D eigenvalue weighted by Gasteiger charge is 2.50. The number of hydrogen-bond donors (Lipinski definition) is 4. The molecule has 1 heterocycles. The van der Waals surface area contributed by atoms with Crippen molar-refractivity contribution in [2.24, 2.45) is 0 Å². The molecule has 92 valence electrons. The fourth-order valence-corrected chi connectivity index (χ4v) is 1.17. The van der Waals surface area contributed by atoms with E-state index >= 15 is 0 Å². The van der Waals surface area contributed by atoms with Crippen LogP contribution < -0.4 is 10.6 Å². The first kappa shape index (κ1) is 12.8. The zero-order valence-corrected chi connectivity index (χ0v) is 8.94. The molecule has 0 saturated carbocycles. The number of carbonyl (C=O) groups excluding carboxylic acids is 2. The molecule has 1 aliphatic rings. The molecule has 0 spiro atoms. The number of hydrogen-bond acceptors (Lipinski definition) is 6. The van der Waals surface area contributed by atoms with Gasteiger partial charge in [0.25, 0.3) is 23.4 Å². The number of likely N-dealkylation sites (N-methyl/N-ethyl adjacent to an activating group) is 2. The van der Waals surface area contributed by atoms with Crippen LogP contribution >= 0.6 is 0 Å². The van der Waals surface area contributed by atoms with Crippen LogP contribution in [0.2, 0.25) is 0 Å². The normalized spacial score (nSPS) is 34.2. The molecular weight excluding hydrogens is 220 g/mol. The van der Waals surface area contributed by atoms with Gasteiger partial charge < -0.3 is 30.3 Å². The summed E-state index contributed by atoms with van der Waals surface area (Å²) in [5, 5.41) is 23.6. The first-order valence-electron chi connectivity index (χ1n) is 4.55. The van der Waals surface area contributed by atoms with Gasteiger partial charge in [-0.2, -0.15) is 0 Å². The van der Waals surface area contributed by atoms with Crippen molar-refractivity contribution < 1.29 is 29.3 Å². The van der Waals surface area contributed by atoms with E-state index in [1.54, 1.807) is 0 Å². The Kier molecular flexibility index (Phi) is 3.48. The zero-order valence-electron chi connectivity index (χ0n) is 8.94. The molecule has 1 fully saturated rings. The molecule has 1 rings (SSSR count). The van der Waals surface area contributed by atoms with E-state index in [2.05, 4.69) is 10.6 Å². The van der Waals surface area contributed by atoms with Gasteiger partial charge in [0.2, 0.25) is 0 Å². The van der Waals surface area contributed by atoms with Crippen molar-refractivity contribution in [3.63, 3.8) is 0 Å². The Balaban J connectivity index is 2.70. The van der Waals surface area contributed by atoms with Crippen molar-refractivity contribution in [3.8, 4) is 0 Å². The summed E-state index contributed by atoms with van der Waals surface area (Å²) in [5.74, 6) is -6.00. The van der Waals surface area contributed by atoms with Crippen LogP contribution in [0, 0.1) is 0 Å². The van der Waals surface area contributed by atoms with E-state index in [-0.39, 0.29) is 0 Å². The molecular formula is C8H14N2O6. The van der Waals surface area contributed by atoms with Crippen LogP contribution in [0.4, 0.5) is 0 Å². The SMILES string of the molecule is CNC(=O)[C@@]1(O)CO[C@@](O)(C(=O)NC)CO1. The van der Waals surface area contributed by atoms with Gasteiger partial charge in [-0.3, -0.25) is 9.59 Å². The molecule has 2 atom stereocenters. The average molecular weight is 234 g/mol. The van der Waals surface area contributed by atoms with E-state index in [4.69, 9.17) is 9.47 Å². The van der Waals surface area contributed by atoms with E-state index < -0.39 is 36.6 Å². The van der Waals surface area contributed by atoms with Gasteiger partial charge >= 0.3 is 0 Å². The molecule has 0 unspecified atom stereocenters. The van der Waals surface area contributed by atoms with Crippen molar-refractivity contribution in [1.29, 1.82) is 0 Å². The van der Waals surface area contributed by atoms with Crippen LogP contribution in [0.3, 0.4) is 0 Å². The lowest BCUT2D eigenvalue weighted by Crippen LogP contribution is -2.63. The number of ether oxygens (including phenoxy) is 2. The lowest BCUT2D eigenvalue weighted by atomic mass is 10.2. The zero-order chi connectivity index (χ0) is 12.4. The number of carbonyl (C=O) groups is 2. The Bertz CT molecular complexity index is 267. The molecule has 0 radical (unpaired) electrons. The maximum atomic E-state index is 11.2. The molecule has 1 aliphatic heterocycles. The van der Waals surface area contributed by atoms with Crippen molar-refractivity contribution in [2.45, 2.75) is 11.6 Å². The molecule has 1 saturated heterocycles. The van der Waals surface area contributed by atoms with Gasteiger partial charge in [-0.1, -0.05) is 0 Å². The van der Waals surface area contributed by atoms with Crippen LogP contribution in [0.15, 0.2) is 0 Å². The molecule has 0 bridgehead atoms. The number of nitrogens with one attached hydrogen (secondary N) is 2. The molecule has 0 aromatic carbocycles. The predicted molar refractivity (Wildman–Crippen MR) is 49.9 cm³/mol. The van der Waals surface area contributed by atoms with E-state index in [1.165, 1.54) is 14.1 Å². The van der Waals surface area contributed by atoms with Gasteiger partial charge in [0.1, 0.15) is 13.2 Å². The minimum Gasteiger partial charge on any atom is -0.356 e. The van der Waals surface area contributed by atoms with Gasteiger partial charge in [0.05, 0.1) is 0 Å². The minimum atomic E-state index is -2.19. The lowest BCUT2D eigenvalue weighted by Gasteiger charge is -2.38. The largest absolute Gasteiger partial charge is 0.356 e. The van der Waals surface area contributed by atoms with Crippen molar-refractivity contribution in [2.75, 3.05) is 27.3 Å². The van der Waals surface area contributed by atoms with E-state index in [9.17, 15) is 19.8 Å². The van der Waals surface area contributed by atoms with Gasteiger partial charge in [-0.15, -0.1) is 0 Å². The first-order chi connectivity index (χ1) is 7.38. The highest BCUT2D eigenvalue weighted by atomic mass is 16.7. The first-order valence-corrected chi connectivity index (χ1v) is 4.55. The number of aliphatic hydroxyl groups is 2. The van der Waals surface area contributed by atoms with Gasteiger partial charge in [-0.05, 0) is 0 Å². The summed E-state index contributed by atoms with van der Waals surface area (Å²) in [7, 11) is 2.62. The van der Waals surface area contributed by atoms with Gasteiger partial charge in [0.15, 0.2) is 0 Å². The highest BCUT2D eigenvalue weighted by molar-refractivity contribution is 5.85. The minimum absolute atomic E-state index is 0.642. The summed E-state index contributed by atoms with van der Waals surface area (Å²) in [6.45, 7) is -1.28. The Hall–Kier alpha value is -1.22. The molecule has 0 aromatic rings. The molecule has 0 aromatic heterocycles. The summed E-state index contributed by atoms with van der Waals surface area (Å²) in [5.41, 5.74) is 0. The topological polar surface area (TPSA) is 117 Å². The smallest absolute Gasteiger partial charge is 0.282 e. The van der Waals surface area contributed by atoms with Crippen molar-refractivity contribution in [1.82, 2.24) is 10.6 Å². The monoisotopic (exact) mass is 234 g/mol. The second-order valence-electron chi connectivity index (χ2n) is 3.30. The van der Waals surface area contributed by atoms with E-state index in [1.807, 2.05) is 0 Å². The Morgan fingerprint density at radius 3 is 1.50 bits per heavy atom. The fourth-order valence-electron chi connectivity index (χ4n) is 1.17. The Labute approximate surface area is 91.5 Å². The van der Waals surface area contributed by atoms with Gasteiger partial charge in [0, 0.05) is 14.1 Å². The number of amides is 2. The van der Waals surface area contributed by atoms with Crippen LogP contribution in [-0.2, 0) is 19.1 Å². The third kappa shape index (κ3) is 2.14. The van der Waals surface area contributed by atoms with Crippen LogP contribution in [0.25, 0.3) is 0 Å². The maximum absolute atomic E-state index is 11.2. The fraction of sp³-hybridized carbons (Fsp3) is 0.750. The average Bonchev–Trinajstić information content (AvgIpc) is 2.31. The standard InChI is InChI=1S/C8H14N2O6/c1-9-5(11)7(13)3-16-8(14,4-15-7)6(12)10-2/h13-14H,3-4H2,1-2H3,(H,9,11)(H,10,12)/t7-,8-/m1/s1. The quantitative estimate of drug-likeness (QED) is 0.402. The molecule has 8 nitrogen and oxygen atoms in total. The van der Waals surface area contributed by atoms with Crippen molar-refractivity contribution in [3.05, 3.63) is 0 Å². The number of rotatable bonds is 2. The molecule has 2 amide bonds. The molecule has 0 aliphatic carbocycles. The molecule has 16 heavy (non-hydrogen) atoms. The summed E-state index contributed by atoms with van der Waals surface area (Å²) >= 11 is 0. The van der Waals surface area contributed by atoms with Crippen LogP contribution in [-0.4, -0.2) is 60.9 Å². The summed E-state index contributed by atoms with van der Waals surface area (Å²) < 4.78 is 9.53. The molecule has 4 N–H and O–H groups in total. The molecule has 8 heteroatoms. The summed E-state index contributed by atoms with van der Waals surface area (Å²) in [4.78, 5) is 22.4. The summed E-state index contributed by atoms with van der Waals surface area (Å²) in [6.07, 6.45) is 0. The lowest BCUT2D eigenvalue weighted by molar-refractivity contribution is -0.337. The van der Waals surface area contributed by atoms with Crippen LogP contribution in [0.5, 0.6) is 0 Å². The third-order valence-corrected chi connectivity index (χ3v) is 2.18. The van der Waals surface area contributed by atoms with Gasteiger partial charge in [-0.25, -0.2) is 0 Å². The summed E-state index contributed by atoms with van der Waals surface area (Å²) in [6, 6.07) is 0. The second-order valence-corrected chi connectivity index (χ2v) is 3.30.